The number of carboxylic acids is 1. The van der Waals surface area contributed by atoms with Gasteiger partial charge in [0.1, 0.15) is 18.2 Å². The highest BCUT2D eigenvalue weighted by Crippen LogP contribution is 2.44. The summed E-state index contributed by atoms with van der Waals surface area (Å²) >= 11 is 0. The van der Waals surface area contributed by atoms with E-state index in [0.717, 1.165) is 28.7 Å². The van der Waals surface area contributed by atoms with Gasteiger partial charge in [-0.3, -0.25) is 0 Å². The monoisotopic (exact) mass is 480 g/mol. The van der Waals surface area contributed by atoms with Gasteiger partial charge < -0.3 is 24.8 Å². The van der Waals surface area contributed by atoms with Gasteiger partial charge in [0.05, 0.1) is 0 Å². The molecule has 1 saturated heterocycles. The summed E-state index contributed by atoms with van der Waals surface area (Å²) in [5.41, 5.74) is 3.83. The lowest BCUT2D eigenvalue weighted by Gasteiger charge is -2.28. The van der Waals surface area contributed by atoms with Crippen molar-refractivity contribution in [2.75, 3.05) is 13.2 Å². The Balaban J connectivity index is 1.40. The molecule has 8 nitrogen and oxygen atoms in total. The molecule has 1 aliphatic carbocycles. The Morgan fingerprint density at radius 1 is 1.06 bits per heavy atom. The number of hydrogen-bond donors (Lipinski definition) is 2. The Labute approximate surface area is 205 Å². The smallest absolute Gasteiger partial charge is 0.410 e. The van der Waals surface area contributed by atoms with Crippen LogP contribution in [0.25, 0.3) is 11.1 Å². The summed E-state index contributed by atoms with van der Waals surface area (Å²) in [4.78, 5) is 38.5. The first-order valence-electron chi connectivity index (χ1n) is 12.0. The van der Waals surface area contributed by atoms with Crippen molar-refractivity contribution in [1.82, 2.24) is 10.2 Å². The normalized spacial score (nSPS) is 17.9. The van der Waals surface area contributed by atoms with Crippen molar-refractivity contribution in [3.63, 3.8) is 0 Å². The van der Waals surface area contributed by atoms with E-state index in [9.17, 15) is 19.5 Å². The first-order chi connectivity index (χ1) is 16.6. The molecule has 2 atom stereocenters. The van der Waals surface area contributed by atoms with Crippen LogP contribution in [0.1, 0.15) is 57.1 Å². The molecule has 2 aromatic carbocycles. The van der Waals surface area contributed by atoms with E-state index in [1.165, 1.54) is 0 Å². The molecule has 2 aromatic rings. The number of carbonyl (C=O) groups is 3. The van der Waals surface area contributed by atoms with Crippen LogP contribution < -0.4 is 5.32 Å². The molecule has 8 heteroatoms. The van der Waals surface area contributed by atoms with E-state index in [4.69, 9.17) is 9.47 Å². The Morgan fingerprint density at radius 3 is 2.23 bits per heavy atom. The van der Waals surface area contributed by atoms with E-state index in [1.807, 2.05) is 24.3 Å². The highest BCUT2D eigenvalue weighted by Gasteiger charge is 2.36. The van der Waals surface area contributed by atoms with Crippen molar-refractivity contribution in [3.05, 3.63) is 59.7 Å². The summed E-state index contributed by atoms with van der Waals surface area (Å²) in [7, 11) is 0. The second-order valence-electron chi connectivity index (χ2n) is 10.1. The summed E-state index contributed by atoms with van der Waals surface area (Å²) in [6.07, 6.45) is 0.211. The van der Waals surface area contributed by atoms with Crippen LogP contribution in [0.2, 0.25) is 0 Å². The van der Waals surface area contributed by atoms with Gasteiger partial charge >= 0.3 is 18.2 Å². The zero-order valence-electron chi connectivity index (χ0n) is 20.3. The average molecular weight is 481 g/mol. The molecule has 2 amide bonds. The SMILES string of the molecule is CC(C)(C)OC(=O)N[C@H](C[C@@H]1CCCN1C(=O)OCC1c2ccccc2-c2ccccc21)C(=O)O. The third-order valence-electron chi connectivity index (χ3n) is 6.44. The topological polar surface area (TPSA) is 105 Å². The minimum atomic E-state index is -1.17. The molecule has 0 aromatic heterocycles. The van der Waals surface area contributed by atoms with Crippen molar-refractivity contribution >= 4 is 18.2 Å². The number of amides is 2. The number of carbonyl (C=O) groups excluding carboxylic acids is 2. The van der Waals surface area contributed by atoms with Crippen molar-refractivity contribution in [2.24, 2.45) is 0 Å². The second-order valence-corrected chi connectivity index (χ2v) is 10.1. The molecule has 186 valence electrons. The van der Waals surface area contributed by atoms with E-state index in [2.05, 4.69) is 29.6 Å². The summed E-state index contributed by atoms with van der Waals surface area (Å²) in [5, 5.41) is 12.1. The van der Waals surface area contributed by atoms with Crippen LogP contribution >= 0.6 is 0 Å². The standard InChI is InChI=1S/C27H32N2O6/c1-27(2,3)35-25(32)28-23(24(30)31)15-17-9-8-14-29(17)26(33)34-16-22-20-12-6-4-10-18(20)19-11-5-7-13-21(19)22/h4-7,10-13,17,22-23H,8-9,14-16H2,1-3H3,(H,28,32)(H,30,31)/t17-,23+/m0/s1. The molecule has 0 unspecified atom stereocenters. The Hall–Kier alpha value is -3.55. The number of aliphatic carboxylic acids is 1. The number of fused-ring (bicyclic) bond motifs is 3. The summed E-state index contributed by atoms with van der Waals surface area (Å²) in [5.74, 6) is -1.22. The quantitative estimate of drug-likeness (QED) is 0.617. The maximum Gasteiger partial charge on any atom is 0.410 e. The number of nitrogens with one attached hydrogen (secondary N) is 1. The molecule has 2 aliphatic rings. The Kier molecular flexibility index (Phi) is 7.00. The fourth-order valence-electron chi connectivity index (χ4n) is 4.94. The van der Waals surface area contributed by atoms with Crippen LogP contribution in [0.3, 0.4) is 0 Å². The third kappa shape index (κ3) is 5.58. The van der Waals surface area contributed by atoms with Crippen molar-refractivity contribution < 1.29 is 29.0 Å². The number of alkyl carbamates (subject to hydrolysis) is 1. The van der Waals surface area contributed by atoms with Gasteiger partial charge in [0.25, 0.3) is 0 Å². The van der Waals surface area contributed by atoms with Gasteiger partial charge in [-0.05, 0) is 62.3 Å². The molecule has 4 rings (SSSR count). The summed E-state index contributed by atoms with van der Waals surface area (Å²) in [6, 6.07) is 14.7. The number of hydrogen-bond acceptors (Lipinski definition) is 5. The van der Waals surface area contributed by atoms with Gasteiger partial charge in [-0.15, -0.1) is 0 Å². The van der Waals surface area contributed by atoms with Crippen molar-refractivity contribution in [1.29, 1.82) is 0 Å². The van der Waals surface area contributed by atoms with Crippen LogP contribution in [0.15, 0.2) is 48.5 Å². The zero-order valence-corrected chi connectivity index (χ0v) is 20.3. The second kappa shape index (κ2) is 9.98. The van der Waals surface area contributed by atoms with E-state index in [0.29, 0.717) is 13.0 Å². The molecular formula is C27H32N2O6. The van der Waals surface area contributed by atoms with Crippen LogP contribution in [0.4, 0.5) is 9.59 Å². The van der Waals surface area contributed by atoms with Crippen molar-refractivity contribution in [3.8, 4) is 11.1 Å². The van der Waals surface area contributed by atoms with Gasteiger partial charge in [0.2, 0.25) is 0 Å². The Morgan fingerprint density at radius 2 is 1.66 bits per heavy atom. The minimum Gasteiger partial charge on any atom is -0.480 e. The maximum absolute atomic E-state index is 13.0. The number of ether oxygens (including phenoxy) is 2. The summed E-state index contributed by atoms with van der Waals surface area (Å²) < 4.78 is 11.0. The molecule has 0 radical (unpaired) electrons. The number of nitrogens with zero attached hydrogens (tertiary/aromatic N) is 1. The van der Waals surface area contributed by atoms with E-state index >= 15 is 0 Å². The molecular weight excluding hydrogens is 448 g/mol. The average Bonchev–Trinajstić information content (AvgIpc) is 3.38. The van der Waals surface area contributed by atoms with Gasteiger partial charge in [-0.25, -0.2) is 14.4 Å². The molecule has 1 aliphatic heterocycles. The fourth-order valence-corrected chi connectivity index (χ4v) is 4.94. The molecule has 2 N–H and O–H groups in total. The number of benzene rings is 2. The predicted molar refractivity (Wildman–Crippen MR) is 130 cm³/mol. The number of rotatable bonds is 6. The molecule has 1 heterocycles. The number of likely N-dealkylation sites (tertiary alicyclic amines) is 1. The Bertz CT molecular complexity index is 1060. The first kappa shape index (κ1) is 24.6. The predicted octanol–water partition coefficient (Wildman–Crippen LogP) is 4.77. The molecule has 0 saturated carbocycles. The minimum absolute atomic E-state index is 0.0481. The molecule has 35 heavy (non-hydrogen) atoms. The molecule has 1 fully saturated rings. The van der Waals surface area contributed by atoms with Gasteiger partial charge in [-0.2, -0.15) is 0 Å². The number of carboxylic acid groups (broad SMARTS) is 1. The maximum atomic E-state index is 13.0. The largest absolute Gasteiger partial charge is 0.480 e. The lowest BCUT2D eigenvalue weighted by Crippen LogP contribution is -2.47. The van der Waals surface area contributed by atoms with Crippen molar-refractivity contribution in [2.45, 2.75) is 63.6 Å². The van der Waals surface area contributed by atoms with E-state index in [-0.39, 0.29) is 25.0 Å². The highest BCUT2D eigenvalue weighted by atomic mass is 16.6. The van der Waals surface area contributed by atoms with Gasteiger partial charge in [0, 0.05) is 18.5 Å². The van der Waals surface area contributed by atoms with E-state index in [1.54, 1.807) is 25.7 Å². The fraction of sp³-hybridized carbons (Fsp3) is 0.444. The third-order valence-corrected chi connectivity index (χ3v) is 6.44. The summed E-state index contributed by atoms with van der Waals surface area (Å²) in [6.45, 7) is 5.81. The lowest BCUT2D eigenvalue weighted by atomic mass is 9.98. The van der Waals surface area contributed by atoms with Crippen LogP contribution in [0, 0.1) is 0 Å². The molecule has 0 bridgehead atoms. The zero-order chi connectivity index (χ0) is 25.2. The van der Waals surface area contributed by atoms with Crippen LogP contribution in [-0.4, -0.2) is 59.0 Å². The van der Waals surface area contributed by atoms with Crippen LogP contribution in [0.5, 0.6) is 0 Å². The first-order valence-corrected chi connectivity index (χ1v) is 12.0. The van der Waals surface area contributed by atoms with E-state index < -0.39 is 29.8 Å². The van der Waals surface area contributed by atoms with Crippen LogP contribution in [-0.2, 0) is 14.3 Å². The van der Waals surface area contributed by atoms with Gasteiger partial charge in [-0.1, -0.05) is 48.5 Å². The lowest BCUT2D eigenvalue weighted by molar-refractivity contribution is -0.140. The highest BCUT2D eigenvalue weighted by molar-refractivity contribution is 5.80. The molecule has 0 spiro atoms. The van der Waals surface area contributed by atoms with Gasteiger partial charge in [0.15, 0.2) is 0 Å².